The van der Waals surface area contributed by atoms with Gasteiger partial charge in [0.2, 0.25) is 0 Å². The Morgan fingerprint density at radius 2 is 2.20 bits per heavy atom. The monoisotopic (exact) mass is 219 g/mol. The first-order valence-electron chi connectivity index (χ1n) is 4.80. The second kappa shape index (κ2) is 4.40. The van der Waals surface area contributed by atoms with E-state index in [0.717, 1.165) is 17.9 Å². The van der Waals surface area contributed by atoms with Gasteiger partial charge in [0.25, 0.3) is 0 Å². The van der Waals surface area contributed by atoms with Crippen LogP contribution >= 0.6 is 11.3 Å². The molecule has 0 aromatic carbocycles. The molecule has 0 atom stereocenters. The summed E-state index contributed by atoms with van der Waals surface area (Å²) in [7, 11) is 0. The number of thiophene rings is 1. The molecule has 0 spiro atoms. The lowest BCUT2D eigenvalue weighted by atomic mass is 10.2. The van der Waals surface area contributed by atoms with Crippen molar-refractivity contribution in [3.8, 4) is 0 Å². The minimum Gasteiger partial charge on any atom is -0.364 e. The molecule has 4 heteroatoms. The lowest BCUT2D eigenvalue weighted by Gasteiger charge is -2.04. The molecule has 0 radical (unpaired) electrons. The molecule has 1 N–H and O–H groups in total. The third kappa shape index (κ3) is 2.53. The van der Waals surface area contributed by atoms with Crippen LogP contribution < -0.4 is 5.32 Å². The highest BCUT2D eigenvalue weighted by Gasteiger charge is 2.00. The van der Waals surface area contributed by atoms with Crippen LogP contribution in [-0.4, -0.2) is 10.2 Å². The fourth-order valence-corrected chi connectivity index (χ4v) is 2.16. The lowest BCUT2D eigenvalue weighted by molar-refractivity contribution is 0.987. The van der Waals surface area contributed by atoms with Gasteiger partial charge in [-0.2, -0.15) is 16.4 Å². The van der Waals surface area contributed by atoms with Gasteiger partial charge in [-0.05, 0) is 47.4 Å². The Hall–Kier alpha value is -1.42. The van der Waals surface area contributed by atoms with E-state index >= 15 is 0 Å². The van der Waals surface area contributed by atoms with E-state index in [9.17, 15) is 0 Å². The van der Waals surface area contributed by atoms with Gasteiger partial charge in [0.15, 0.2) is 0 Å². The Labute approximate surface area is 93.2 Å². The van der Waals surface area contributed by atoms with Gasteiger partial charge in [-0.25, -0.2) is 0 Å². The van der Waals surface area contributed by atoms with E-state index in [4.69, 9.17) is 0 Å². The van der Waals surface area contributed by atoms with E-state index in [1.165, 1.54) is 11.1 Å². The Kier molecular flexibility index (Phi) is 2.97. The topological polar surface area (TPSA) is 37.8 Å². The molecule has 0 unspecified atom stereocenters. The maximum absolute atomic E-state index is 4.01. The van der Waals surface area contributed by atoms with Crippen LogP contribution in [-0.2, 0) is 6.54 Å². The normalized spacial score (nSPS) is 10.3. The van der Waals surface area contributed by atoms with E-state index in [0.29, 0.717) is 0 Å². The minimum absolute atomic E-state index is 0.813. The maximum atomic E-state index is 4.01. The second-order valence-corrected chi connectivity index (χ2v) is 4.30. The van der Waals surface area contributed by atoms with Gasteiger partial charge in [0.05, 0.1) is 6.20 Å². The zero-order chi connectivity index (χ0) is 10.7. The SMILES string of the molecule is Cc1cnnc(NCc2cscc2C)c1. The average Bonchev–Trinajstić information content (AvgIpc) is 2.61. The summed E-state index contributed by atoms with van der Waals surface area (Å²) in [5, 5.41) is 15.5. The number of nitrogens with one attached hydrogen (secondary N) is 1. The van der Waals surface area contributed by atoms with Crippen molar-refractivity contribution in [1.82, 2.24) is 10.2 Å². The second-order valence-electron chi connectivity index (χ2n) is 3.55. The van der Waals surface area contributed by atoms with E-state index in [1.54, 1.807) is 17.5 Å². The first-order valence-corrected chi connectivity index (χ1v) is 5.75. The van der Waals surface area contributed by atoms with Gasteiger partial charge in [-0.3, -0.25) is 0 Å². The molecule has 78 valence electrons. The Morgan fingerprint density at radius 1 is 1.33 bits per heavy atom. The standard InChI is InChI=1S/C11H13N3S/c1-8-3-11(14-13-4-8)12-5-10-7-15-6-9(10)2/h3-4,6-7H,5H2,1-2H3,(H,12,14). The highest BCUT2D eigenvalue weighted by atomic mass is 32.1. The molecule has 0 saturated carbocycles. The number of hydrogen-bond donors (Lipinski definition) is 1. The molecule has 0 bridgehead atoms. The average molecular weight is 219 g/mol. The van der Waals surface area contributed by atoms with Crippen LogP contribution in [0, 0.1) is 13.8 Å². The fourth-order valence-electron chi connectivity index (χ4n) is 1.30. The number of rotatable bonds is 3. The van der Waals surface area contributed by atoms with Crippen molar-refractivity contribution in [1.29, 1.82) is 0 Å². The molecule has 2 heterocycles. The quantitative estimate of drug-likeness (QED) is 0.862. The highest BCUT2D eigenvalue weighted by molar-refractivity contribution is 7.08. The van der Waals surface area contributed by atoms with Crippen molar-refractivity contribution >= 4 is 17.2 Å². The van der Waals surface area contributed by atoms with Gasteiger partial charge in [0, 0.05) is 6.54 Å². The molecule has 0 amide bonds. The summed E-state index contributed by atoms with van der Waals surface area (Å²) in [5.41, 5.74) is 3.77. The van der Waals surface area contributed by atoms with Gasteiger partial charge in [-0.1, -0.05) is 0 Å². The van der Waals surface area contributed by atoms with Crippen LogP contribution in [0.5, 0.6) is 0 Å². The molecule has 2 rings (SSSR count). The van der Waals surface area contributed by atoms with E-state index in [2.05, 4.69) is 33.2 Å². The summed E-state index contributed by atoms with van der Waals surface area (Å²) in [6.07, 6.45) is 1.75. The molecule has 2 aromatic rings. The predicted molar refractivity (Wildman–Crippen MR) is 63.2 cm³/mol. The summed E-state index contributed by atoms with van der Waals surface area (Å²) < 4.78 is 0. The van der Waals surface area contributed by atoms with Crippen LogP contribution in [0.1, 0.15) is 16.7 Å². The predicted octanol–water partition coefficient (Wildman–Crippen LogP) is 2.77. The summed E-state index contributed by atoms with van der Waals surface area (Å²) in [6, 6.07) is 1.99. The summed E-state index contributed by atoms with van der Waals surface area (Å²) in [4.78, 5) is 0. The van der Waals surface area contributed by atoms with Crippen molar-refractivity contribution < 1.29 is 0 Å². The Morgan fingerprint density at radius 3 is 2.87 bits per heavy atom. The Bertz CT molecular complexity index is 451. The van der Waals surface area contributed by atoms with Gasteiger partial charge in [-0.15, -0.1) is 5.10 Å². The highest BCUT2D eigenvalue weighted by Crippen LogP contribution is 2.15. The molecule has 2 aromatic heterocycles. The fraction of sp³-hybridized carbons (Fsp3) is 0.273. The molecular weight excluding hydrogens is 206 g/mol. The van der Waals surface area contributed by atoms with Crippen molar-refractivity contribution in [2.75, 3.05) is 5.32 Å². The molecule has 0 aliphatic carbocycles. The van der Waals surface area contributed by atoms with Crippen LogP contribution in [0.3, 0.4) is 0 Å². The van der Waals surface area contributed by atoms with Crippen LogP contribution in [0.2, 0.25) is 0 Å². The summed E-state index contributed by atoms with van der Waals surface area (Å²) in [6.45, 7) is 4.94. The lowest BCUT2D eigenvalue weighted by Crippen LogP contribution is -2.02. The zero-order valence-electron chi connectivity index (χ0n) is 8.82. The molecule has 15 heavy (non-hydrogen) atoms. The van der Waals surface area contributed by atoms with Crippen molar-refractivity contribution in [3.05, 3.63) is 39.7 Å². The van der Waals surface area contributed by atoms with Crippen LogP contribution in [0.4, 0.5) is 5.82 Å². The van der Waals surface area contributed by atoms with E-state index < -0.39 is 0 Å². The maximum Gasteiger partial charge on any atom is 0.149 e. The molecule has 3 nitrogen and oxygen atoms in total. The zero-order valence-corrected chi connectivity index (χ0v) is 9.64. The van der Waals surface area contributed by atoms with Crippen LogP contribution in [0.25, 0.3) is 0 Å². The number of hydrogen-bond acceptors (Lipinski definition) is 4. The molecule has 0 aliphatic rings. The van der Waals surface area contributed by atoms with Gasteiger partial charge < -0.3 is 5.32 Å². The number of anilines is 1. The van der Waals surface area contributed by atoms with Crippen molar-refractivity contribution in [2.24, 2.45) is 0 Å². The number of aryl methyl sites for hydroxylation is 2. The third-order valence-corrected chi connectivity index (χ3v) is 3.12. The first-order chi connectivity index (χ1) is 7.25. The third-order valence-electron chi connectivity index (χ3n) is 2.21. The molecule has 0 aliphatic heterocycles. The first kappa shape index (κ1) is 10.1. The van der Waals surface area contributed by atoms with E-state index in [1.807, 2.05) is 13.0 Å². The van der Waals surface area contributed by atoms with Crippen molar-refractivity contribution in [3.63, 3.8) is 0 Å². The minimum atomic E-state index is 0.813. The van der Waals surface area contributed by atoms with Crippen molar-refractivity contribution in [2.45, 2.75) is 20.4 Å². The van der Waals surface area contributed by atoms with Gasteiger partial charge >= 0.3 is 0 Å². The van der Waals surface area contributed by atoms with E-state index in [-0.39, 0.29) is 0 Å². The summed E-state index contributed by atoms with van der Waals surface area (Å²) in [5.74, 6) is 0.834. The van der Waals surface area contributed by atoms with Crippen LogP contribution in [0.15, 0.2) is 23.0 Å². The van der Waals surface area contributed by atoms with Gasteiger partial charge in [0.1, 0.15) is 5.82 Å². The summed E-state index contributed by atoms with van der Waals surface area (Å²) >= 11 is 1.73. The molecular formula is C11H13N3S. The smallest absolute Gasteiger partial charge is 0.149 e. The molecule has 0 fully saturated rings. The molecule has 0 saturated heterocycles. The number of aromatic nitrogens is 2. The Balaban J connectivity index is 2.02. The number of nitrogens with zero attached hydrogens (tertiary/aromatic N) is 2. The largest absolute Gasteiger partial charge is 0.364 e.